The Morgan fingerprint density at radius 2 is 1.65 bits per heavy atom. The van der Waals surface area contributed by atoms with E-state index in [9.17, 15) is 19.5 Å². The molecule has 0 bridgehead atoms. The topological polar surface area (TPSA) is 147 Å². The molecule has 4 atom stereocenters. The van der Waals surface area contributed by atoms with Crippen molar-refractivity contribution in [2.75, 3.05) is 18.4 Å². The number of rotatable bonds is 11. The van der Waals surface area contributed by atoms with Crippen molar-refractivity contribution >= 4 is 23.5 Å². The minimum absolute atomic E-state index is 0.0396. The summed E-state index contributed by atoms with van der Waals surface area (Å²) >= 11 is 0. The van der Waals surface area contributed by atoms with E-state index in [1.54, 1.807) is 17.6 Å². The first-order chi connectivity index (χ1) is 20.5. The zero-order valence-corrected chi connectivity index (χ0v) is 25.1. The highest BCUT2D eigenvalue weighted by molar-refractivity contribution is 5.91. The first-order valence-corrected chi connectivity index (χ1v) is 14.8. The van der Waals surface area contributed by atoms with E-state index in [2.05, 4.69) is 10.2 Å². The molecule has 2 saturated heterocycles. The summed E-state index contributed by atoms with van der Waals surface area (Å²) < 4.78 is 18.6. The zero-order valence-electron chi connectivity index (χ0n) is 25.1. The van der Waals surface area contributed by atoms with Crippen LogP contribution in [0.25, 0.3) is 0 Å². The van der Waals surface area contributed by atoms with Gasteiger partial charge in [-0.15, -0.1) is 0 Å². The predicted octanol–water partition coefficient (Wildman–Crippen LogP) is 4.14. The Kier molecular flexibility index (Phi) is 11.3. The quantitative estimate of drug-likeness (QED) is 0.170. The summed E-state index contributed by atoms with van der Waals surface area (Å²) in [4.78, 5) is 38.5. The molecule has 0 radical (unpaired) electrons. The lowest BCUT2D eigenvalue weighted by Crippen LogP contribution is -2.45. The number of benzene rings is 2. The predicted molar refractivity (Wildman–Crippen MR) is 158 cm³/mol. The average molecular weight is 598 g/mol. The maximum absolute atomic E-state index is 12.9. The number of likely N-dealkylation sites (tertiary alicyclic amines) is 1. The van der Waals surface area contributed by atoms with Gasteiger partial charge in [0.05, 0.1) is 18.8 Å². The van der Waals surface area contributed by atoms with Crippen LogP contribution in [0.4, 0.5) is 5.69 Å². The number of anilines is 1. The van der Waals surface area contributed by atoms with Gasteiger partial charge in [-0.1, -0.05) is 36.4 Å². The van der Waals surface area contributed by atoms with Gasteiger partial charge < -0.3 is 24.6 Å². The molecule has 2 aliphatic rings. The largest absolute Gasteiger partial charge is 0.459 e. The fraction of sp³-hybridized carbons (Fsp3) is 0.531. The molecule has 4 N–H and O–H groups in total. The molecule has 0 aromatic heterocycles. The second kappa shape index (κ2) is 14.9. The van der Waals surface area contributed by atoms with E-state index >= 15 is 0 Å². The minimum Gasteiger partial charge on any atom is -0.459 e. The zero-order chi connectivity index (χ0) is 31.0. The summed E-state index contributed by atoms with van der Waals surface area (Å²) in [6, 6.07) is 14.6. The maximum Gasteiger partial charge on any atom is 0.323 e. The maximum atomic E-state index is 12.9. The Morgan fingerprint density at radius 3 is 2.30 bits per heavy atom. The molecule has 234 valence electrons. The van der Waals surface area contributed by atoms with Crippen LogP contribution in [0.2, 0.25) is 0 Å². The van der Waals surface area contributed by atoms with E-state index in [-0.39, 0.29) is 49.6 Å². The van der Waals surface area contributed by atoms with Gasteiger partial charge in [0.2, 0.25) is 11.8 Å². The van der Waals surface area contributed by atoms with Crippen molar-refractivity contribution in [1.82, 2.24) is 10.4 Å². The summed E-state index contributed by atoms with van der Waals surface area (Å²) in [5.74, 6) is -0.977. The minimum atomic E-state index is -0.675. The van der Waals surface area contributed by atoms with E-state index in [1.165, 1.54) is 0 Å². The molecule has 2 aliphatic heterocycles. The molecule has 0 spiro atoms. The van der Waals surface area contributed by atoms with Crippen molar-refractivity contribution in [2.45, 2.75) is 96.0 Å². The molecule has 4 rings (SSSR count). The Morgan fingerprint density at radius 1 is 0.977 bits per heavy atom. The number of nitrogens with one attached hydrogen (secondary N) is 2. The normalized spacial score (nSPS) is 22.6. The van der Waals surface area contributed by atoms with E-state index in [0.717, 1.165) is 36.1 Å². The van der Waals surface area contributed by atoms with Crippen molar-refractivity contribution in [3.05, 3.63) is 65.2 Å². The number of carbonyl (C=O) groups excluding carboxylic acids is 3. The van der Waals surface area contributed by atoms with Crippen LogP contribution in [0.3, 0.4) is 0 Å². The van der Waals surface area contributed by atoms with Crippen molar-refractivity contribution < 1.29 is 38.9 Å². The molecule has 11 heteroatoms. The van der Waals surface area contributed by atoms with E-state index < -0.39 is 17.8 Å². The highest BCUT2D eigenvalue weighted by Gasteiger charge is 2.38. The Bertz CT molecular complexity index is 1230. The second-order valence-electron chi connectivity index (χ2n) is 12.1. The summed E-state index contributed by atoms with van der Waals surface area (Å²) in [5, 5.41) is 20.9. The summed E-state index contributed by atoms with van der Waals surface area (Å²) in [6.45, 7) is 6.92. The lowest BCUT2D eigenvalue weighted by Gasteiger charge is -2.38. The molecule has 2 fully saturated rings. The van der Waals surface area contributed by atoms with Crippen molar-refractivity contribution in [1.29, 1.82) is 0 Å². The number of amides is 2. The number of carbonyl (C=O) groups is 3. The van der Waals surface area contributed by atoms with E-state index in [0.29, 0.717) is 25.1 Å². The number of aliphatic hydroxyl groups is 1. The molecule has 2 amide bonds. The van der Waals surface area contributed by atoms with E-state index in [1.807, 2.05) is 57.2 Å². The number of esters is 1. The van der Waals surface area contributed by atoms with Gasteiger partial charge in [0.25, 0.3) is 0 Å². The molecule has 2 aromatic rings. The van der Waals surface area contributed by atoms with Crippen LogP contribution < -0.4 is 10.8 Å². The Balaban J connectivity index is 1.45. The van der Waals surface area contributed by atoms with Crippen LogP contribution in [-0.2, 0) is 35.2 Å². The van der Waals surface area contributed by atoms with Crippen LogP contribution in [0.5, 0.6) is 0 Å². The van der Waals surface area contributed by atoms with Gasteiger partial charge in [-0.05, 0) is 69.8 Å². The van der Waals surface area contributed by atoms with Crippen molar-refractivity contribution in [3.8, 4) is 0 Å². The highest BCUT2D eigenvalue weighted by atomic mass is 16.7. The summed E-state index contributed by atoms with van der Waals surface area (Å²) in [5.41, 5.74) is 4.17. The molecule has 2 aromatic carbocycles. The van der Waals surface area contributed by atoms with Gasteiger partial charge in [-0.25, -0.2) is 5.48 Å². The number of hydrogen-bond acceptors (Lipinski definition) is 9. The molecule has 0 aliphatic carbocycles. The first kappa shape index (κ1) is 32.6. The standard InChI is InChI=1S/C32H43N3O8/c1-32(2,3)43-30(39)26-6-5-17-35(26)19-25-18-27(22-11-9-21(20-36)10-12-22)42-31(41-25)23-13-15-24(16-14-23)33-28(37)7-4-8-29(38)34-40/h9-16,25-27,31,36,40H,4-8,17-20H2,1-3H3,(H,33,37)(H,34,38). The molecule has 0 saturated carbocycles. The lowest BCUT2D eigenvalue weighted by atomic mass is 9.99. The summed E-state index contributed by atoms with van der Waals surface area (Å²) in [6.07, 6.45) is 1.59. The van der Waals surface area contributed by atoms with E-state index in [4.69, 9.17) is 19.4 Å². The number of ether oxygens (including phenoxy) is 3. The summed E-state index contributed by atoms with van der Waals surface area (Å²) in [7, 11) is 0. The molecule has 43 heavy (non-hydrogen) atoms. The average Bonchev–Trinajstić information content (AvgIpc) is 3.44. The molecule has 11 nitrogen and oxygen atoms in total. The van der Waals surface area contributed by atoms with Crippen molar-refractivity contribution in [2.24, 2.45) is 0 Å². The smallest absolute Gasteiger partial charge is 0.323 e. The SMILES string of the molecule is CC(C)(C)OC(=O)C1CCCN1CC1CC(c2ccc(CO)cc2)OC(c2ccc(NC(=O)CCCC(=O)NO)cc2)O1. The monoisotopic (exact) mass is 597 g/mol. The Labute approximate surface area is 252 Å². The number of aliphatic hydroxyl groups excluding tert-OH is 1. The lowest BCUT2D eigenvalue weighted by molar-refractivity contribution is -0.253. The third-order valence-electron chi connectivity index (χ3n) is 7.49. The van der Waals surface area contributed by atoms with Crippen LogP contribution in [0.1, 0.15) is 88.4 Å². The van der Waals surface area contributed by atoms with Gasteiger partial charge in [-0.2, -0.15) is 0 Å². The fourth-order valence-corrected chi connectivity index (χ4v) is 5.39. The third-order valence-corrected chi connectivity index (χ3v) is 7.49. The van der Waals surface area contributed by atoms with Gasteiger partial charge in [0, 0.05) is 37.1 Å². The first-order valence-electron chi connectivity index (χ1n) is 14.8. The molecule has 2 heterocycles. The van der Waals surface area contributed by atoms with Crippen LogP contribution >= 0.6 is 0 Å². The highest BCUT2D eigenvalue weighted by Crippen LogP contribution is 2.39. The fourth-order valence-electron chi connectivity index (χ4n) is 5.39. The van der Waals surface area contributed by atoms with Gasteiger partial charge in [-0.3, -0.25) is 24.5 Å². The van der Waals surface area contributed by atoms with Crippen LogP contribution in [0, 0.1) is 0 Å². The Hall–Kier alpha value is -3.35. The number of nitrogens with zero attached hydrogens (tertiary/aromatic N) is 1. The second-order valence-corrected chi connectivity index (χ2v) is 12.1. The molecular weight excluding hydrogens is 554 g/mol. The van der Waals surface area contributed by atoms with Crippen LogP contribution in [-0.4, -0.2) is 63.8 Å². The van der Waals surface area contributed by atoms with Gasteiger partial charge >= 0.3 is 5.97 Å². The third kappa shape index (κ3) is 9.57. The number of hydroxylamine groups is 1. The molecule has 4 unspecified atom stereocenters. The van der Waals surface area contributed by atoms with Crippen LogP contribution in [0.15, 0.2) is 48.5 Å². The van der Waals surface area contributed by atoms with Gasteiger partial charge in [0.15, 0.2) is 6.29 Å². The number of hydrogen-bond donors (Lipinski definition) is 4. The van der Waals surface area contributed by atoms with Crippen molar-refractivity contribution in [3.63, 3.8) is 0 Å². The van der Waals surface area contributed by atoms with Gasteiger partial charge in [0.1, 0.15) is 11.6 Å². The molecular formula is C32H43N3O8.